The van der Waals surface area contributed by atoms with Gasteiger partial charge in [-0.25, -0.2) is 0 Å². The first-order chi connectivity index (χ1) is 7.84. The lowest BCUT2D eigenvalue weighted by Crippen LogP contribution is -1.97. The van der Waals surface area contributed by atoms with Gasteiger partial charge in [0.05, 0.1) is 10.7 Å². The highest BCUT2D eigenvalue weighted by molar-refractivity contribution is 6.53. The fourth-order valence-corrected chi connectivity index (χ4v) is 2.13. The number of nitrogens with one attached hydrogen (secondary N) is 1. The summed E-state index contributed by atoms with van der Waals surface area (Å²) in [6.07, 6.45) is 0. The van der Waals surface area contributed by atoms with E-state index in [0.717, 1.165) is 27.5 Å². The molecule has 0 saturated heterocycles. The van der Waals surface area contributed by atoms with Gasteiger partial charge >= 0.3 is 0 Å². The van der Waals surface area contributed by atoms with Crippen LogP contribution in [0.25, 0.3) is 10.7 Å². The van der Waals surface area contributed by atoms with Crippen LogP contribution in [0.4, 0.5) is 5.69 Å². The molecule has 0 radical (unpaired) electrons. The summed E-state index contributed by atoms with van der Waals surface area (Å²) >= 11 is 6.38. The van der Waals surface area contributed by atoms with E-state index in [4.69, 9.17) is 11.6 Å². The molecular formula is C14H10ClN. The summed E-state index contributed by atoms with van der Waals surface area (Å²) in [5, 5.41) is 4.11. The minimum absolute atomic E-state index is 0.770. The molecule has 0 amide bonds. The molecule has 2 aromatic rings. The largest absolute Gasteiger partial charge is 0.354 e. The second kappa shape index (κ2) is 3.69. The van der Waals surface area contributed by atoms with Crippen LogP contribution in [0.5, 0.6) is 0 Å². The van der Waals surface area contributed by atoms with Crippen molar-refractivity contribution in [2.75, 3.05) is 5.32 Å². The molecule has 1 nitrogen and oxygen atoms in total. The third kappa shape index (κ3) is 1.50. The molecule has 0 unspecified atom stereocenters. The minimum Gasteiger partial charge on any atom is -0.354 e. The predicted molar refractivity (Wildman–Crippen MR) is 69.2 cm³/mol. The Balaban J connectivity index is 2.17. The molecule has 2 aliphatic rings. The first kappa shape index (κ1) is 9.49. The van der Waals surface area contributed by atoms with Crippen molar-refractivity contribution < 1.29 is 0 Å². The standard InChI is InChI=1S/C14H10ClN/c15-13-10-6-8-12(9-7-10)16-14(13)11-4-2-1-3-5-11/h1-9,16H. The summed E-state index contributed by atoms with van der Waals surface area (Å²) < 4.78 is 0. The summed E-state index contributed by atoms with van der Waals surface area (Å²) in [7, 11) is 0. The monoisotopic (exact) mass is 227 g/mol. The second-order valence-electron chi connectivity index (χ2n) is 3.76. The van der Waals surface area contributed by atoms with Crippen molar-refractivity contribution in [2.24, 2.45) is 0 Å². The maximum Gasteiger partial charge on any atom is 0.0719 e. The lowest BCUT2D eigenvalue weighted by molar-refractivity contribution is 1.56. The number of halogens is 1. The number of hydrogen-bond donors (Lipinski definition) is 1. The number of benzene rings is 2. The number of fused-ring (bicyclic) bond motifs is 3. The minimum atomic E-state index is 0.770. The molecule has 0 aliphatic carbocycles. The van der Waals surface area contributed by atoms with E-state index in [-0.39, 0.29) is 0 Å². The van der Waals surface area contributed by atoms with Crippen LogP contribution in [-0.2, 0) is 0 Å². The van der Waals surface area contributed by atoms with Crippen molar-refractivity contribution >= 4 is 28.0 Å². The zero-order chi connectivity index (χ0) is 11.0. The lowest BCUT2D eigenvalue weighted by Gasteiger charge is -2.10. The van der Waals surface area contributed by atoms with Gasteiger partial charge in [-0.3, -0.25) is 0 Å². The van der Waals surface area contributed by atoms with E-state index in [1.807, 2.05) is 42.5 Å². The van der Waals surface area contributed by atoms with Crippen molar-refractivity contribution in [2.45, 2.75) is 0 Å². The molecule has 0 saturated carbocycles. The molecule has 0 aromatic heterocycles. The van der Waals surface area contributed by atoms with E-state index in [0.29, 0.717) is 0 Å². The summed E-state index contributed by atoms with van der Waals surface area (Å²) in [5.41, 5.74) is 4.20. The van der Waals surface area contributed by atoms with E-state index in [9.17, 15) is 0 Å². The molecule has 2 heterocycles. The number of anilines is 1. The zero-order valence-corrected chi connectivity index (χ0v) is 9.33. The van der Waals surface area contributed by atoms with Gasteiger partial charge in [0.1, 0.15) is 0 Å². The molecule has 78 valence electrons. The summed E-state index contributed by atoms with van der Waals surface area (Å²) in [6.45, 7) is 0. The Morgan fingerprint density at radius 1 is 0.750 bits per heavy atom. The van der Waals surface area contributed by atoms with Crippen molar-refractivity contribution in [1.29, 1.82) is 0 Å². The van der Waals surface area contributed by atoms with Gasteiger partial charge in [-0.1, -0.05) is 54.1 Å². The quantitative estimate of drug-likeness (QED) is 0.771. The van der Waals surface area contributed by atoms with Crippen molar-refractivity contribution in [1.82, 2.24) is 0 Å². The molecule has 2 heteroatoms. The molecule has 0 fully saturated rings. The van der Waals surface area contributed by atoms with Crippen LogP contribution >= 0.6 is 11.6 Å². The Morgan fingerprint density at radius 2 is 1.44 bits per heavy atom. The maximum atomic E-state index is 6.38. The number of rotatable bonds is 1. The van der Waals surface area contributed by atoms with Crippen LogP contribution in [-0.4, -0.2) is 0 Å². The molecule has 1 N–H and O–H groups in total. The van der Waals surface area contributed by atoms with Gasteiger partial charge < -0.3 is 5.32 Å². The molecule has 0 spiro atoms. The highest BCUT2D eigenvalue weighted by Gasteiger charge is 2.13. The van der Waals surface area contributed by atoms with E-state index >= 15 is 0 Å². The van der Waals surface area contributed by atoms with Gasteiger partial charge in [-0.15, -0.1) is 0 Å². The third-order valence-corrected chi connectivity index (χ3v) is 3.10. The van der Waals surface area contributed by atoms with E-state index in [2.05, 4.69) is 17.4 Å². The Hall–Kier alpha value is -1.73. The summed E-state index contributed by atoms with van der Waals surface area (Å²) in [4.78, 5) is 0. The van der Waals surface area contributed by atoms with Crippen molar-refractivity contribution in [3.05, 3.63) is 65.7 Å². The van der Waals surface area contributed by atoms with Crippen LogP contribution in [0.15, 0.2) is 54.6 Å². The molecule has 4 rings (SSSR count). The molecular weight excluding hydrogens is 218 g/mol. The smallest absolute Gasteiger partial charge is 0.0719 e. The Bertz CT molecular complexity index is 541. The SMILES string of the molecule is ClC1=C(c2ccccc2)Nc2ccc1cc2. The fraction of sp³-hybridized carbons (Fsp3) is 0. The predicted octanol–water partition coefficient (Wildman–Crippen LogP) is 4.18. The van der Waals surface area contributed by atoms with Crippen molar-refractivity contribution in [3.63, 3.8) is 0 Å². The molecule has 2 aromatic carbocycles. The van der Waals surface area contributed by atoms with Crippen LogP contribution in [0.1, 0.15) is 11.1 Å². The van der Waals surface area contributed by atoms with Crippen LogP contribution in [0.2, 0.25) is 0 Å². The average molecular weight is 228 g/mol. The summed E-state index contributed by atoms with van der Waals surface area (Å²) in [6, 6.07) is 18.3. The highest BCUT2D eigenvalue weighted by Crippen LogP contribution is 2.34. The average Bonchev–Trinajstić information content (AvgIpc) is 2.60. The maximum absolute atomic E-state index is 6.38. The Kier molecular flexibility index (Phi) is 2.19. The van der Waals surface area contributed by atoms with E-state index in [1.165, 1.54) is 0 Å². The lowest BCUT2D eigenvalue weighted by atomic mass is 10.1. The van der Waals surface area contributed by atoms with Gasteiger partial charge in [0.25, 0.3) is 0 Å². The molecule has 2 bridgehead atoms. The second-order valence-corrected chi connectivity index (χ2v) is 4.14. The Morgan fingerprint density at radius 3 is 2.12 bits per heavy atom. The normalized spacial score (nSPS) is 13.6. The van der Waals surface area contributed by atoms with Crippen LogP contribution in [0.3, 0.4) is 0 Å². The zero-order valence-electron chi connectivity index (χ0n) is 8.57. The van der Waals surface area contributed by atoms with E-state index < -0.39 is 0 Å². The van der Waals surface area contributed by atoms with Gasteiger partial charge in [-0.2, -0.15) is 0 Å². The van der Waals surface area contributed by atoms with Crippen molar-refractivity contribution in [3.8, 4) is 0 Å². The Labute approximate surface area is 99.4 Å². The van der Waals surface area contributed by atoms with Gasteiger partial charge in [0.2, 0.25) is 0 Å². The van der Waals surface area contributed by atoms with Gasteiger partial charge in [-0.05, 0) is 23.3 Å². The van der Waals surface area contributed by atoms with Crippen LogP contribution in [0, 0.1) is 0 Å². The highest BCUT2D eigenvalue weighted by atomic mass is 35.5. The van der Waals surface area contributed by atoms with Crippen LogP contribution < -0.4 is 5.32 Å². The fourth-order valence-electron chi connectivity index (χ4n) is 1.85. The number of hydrogen-bond acceptors (Lipinski definition) is 1. The first-order valence-corrected chi connectivity index (χ1v) is 5.55. The topological polar surface area (TPSA) is 12.0 Å². The molecule has 16 heavy (non-hydrogen) atoms. The third-order valence-electron chi connectivity index (χ3n) is 2.69. The van der Waals surface area contributed by atoms with Gasteiger partial charge in [0.15, 0.2) is 0 Å². The summed E-state index contributed by atoms with van der Waals surface area (Å²) in [5.74, 6) is 0. The molecule has 2 aliphatic heterocycles. The first-order valence-electron chi connectivity index (χ1n) is 5.17. The van der Waals surface area contributed by atoms with E-state index in [1.54, 1.807) is 0 Å². The van der Waals surface area contributed by atoms with Gasteiger partial charge in [0, 0.05) is 5.69 Å². The molecule has 0 atom stereocenters.